The molecular weight excluding hydrogens is 803 g/mol. The molecule has 1 amide bonds. The molecule has 0 rings (SSSR count). The van der Waals surface area contributed by atoms with E-state index in [1.807, 2.05) is 0 Å². The molecule has 0 bridgehead atoms. The Hall–Kier alpha value is -2.44. The van der Waals surface area contributed by atoms with Crippen LogP contribution in [0.3, 0.4) is 0 Å². The van der Waals surface area contributed by atoms with Gasteiger partial charge in [0, 0.05) is 6.42 Å². The topological polar surface area (TPSA) is 95.9 Å². The van der Waals surface area contributed by atoms with Crippen LogP contribution >= 0.6 is 0 Å². The monoisotopic (exact) mass is 910 g/mol. The van der Waals surface area contributed by atoms with Gasteiger partial charge in [-0.05, 0) is 64.2 Å². The number of ether oxygens (including phenoxy) is 1. The first-order valence-corrected chi connectivity index (χ1v) is 28.0. The summed E-state index contributed by atoms with van der Waals surface area (Å²) in [5.41, 5.74) is 0. The van der Waals surface area contributed by atoms with Gasteiger partial charge in [-0.15, -0.1) is 0 Å². The highest BCUT2D eigenvalue weighted by atomic mass is 16.5. The third-order valence-electron chi connectivity index (χ3n) is 12.6. The number of amides is 1. The normalized spacial score (nSPS) is 13.6. The second-order valence-corrected chi connectivity index (χ2v) is 19.0. The summed E-state index contributed by atoms with van der Waals surface area (Å²) in [5.74, 6) is -0.533. The van der Waals surface area contributed by atoms with Crippen molar-refractivity contribution in [2.45, 2.75) is 296 Å². The molecule has 0 aliphatic heterocycles. The van der Waals surface area contributed by atoms with Gasteiger partial charge in [-0.2, -0.15) is 0 Å². The molecule has 0 aliphatic rings. The summed E-state index contributed by atoms with van der Waals surface area (Å²) in [6, 6.07) is -0.713. The van der Waals surface area contributed by atoms with Crippen molar-refractivity contribution in [1.82, 2.24) is 5.32 Å². The average Bonchev–Trinajstić information content (AvgIpc) is 3.30. The maximum absolute atomic E-state index is 13.2. The van der Waals surface area contributed by atoms with E-state index in [1.165, 1.54) is 148 Å². The van der Waals surface area contributed by atoms with Crippen LogP contribution in [0.15, 0.2) is 60.8 Å². The minimum Gasteiger partial charge on any atom is -0.462 e. The molecule has 3 atom stereocenters. The fourth-order valence-electron chi connectivity index (χ4n) is 8.41. The van der Waals surface area contributed by atoms with Crippen LogP contribution in [0, 0.1) is 0 Å². The Balaban J connectivity index is 4.62. The van der Waals surface area contributed by atoms with Gasteiger partial charge in [-0.1, -0.05) is 261 Å². The molecular formula is C59H107NO5. The molecule has 0 aromatic heterocycles. The predicted octanol–water partition coefficient (Wildman–Crippen LogP) is 17.2. The minimum absolute atomic E-state index is 0.0567. The van der Waals surface area contributed by atoms with Gasteiger partial charge >= 0.3 is 5.97 Å². The van der Waals surface area contributed by atoms with Gasteiger partial charge in [0.05, 0.1) is 25.2 Å². The Morgan fingerprint density at radius 2 is 0.815 bits per heavy atom. The summed E-state index contributed by atoms with van der Waals surface area (Å²) >= 11 is 0. The second kappa shape index (κ2) is 52.5. The molecule has 65 heavy (non-hydrogen) atoms. The molecule has 0 saturated heterocycles. The van der Waals surface area contributed by atoms with E-state index in [0.717, 1.165) is 77.0 Å². The fourth-order valence-corrected chi connectivity index (χ4v) is 8.41. The maximum atomic E-state index is 13.2. The molecule has 0 heterocycles. The fraction of sp³-hybridized carbons (Fsp3) is 0.797. The summed E-state index contributed by atoms with van der Waals surface area (Å²) < 4.78 is 5.93. The van der Waals surface area contributed by atoms with E-state index in [9.17, 15) is 19.8 Å². The Labute approximate surface area is 403 Å². The SMILES string of the molecule is CC/C=C\C/C=C\C/C=C\C/C=C\C/C=C\CCCC(=O)OC(CCCCCCCCCCCCCCCC)CC(=O)NC(CO)C(O)CCCCCCCCCCCCCCCCC. The van der Waals surface area contributed by atoms with Crippen LogP contribution in [0.25, 0.3) is 0 Å². The third kappa shape index (κ3) is 47.8. The molecule has 0 aliphatic carbocycles. The number of esters is 1. The van der Waals surface area contributed by atoms with Crippen LogP contribution < -0.4 is 5.32 Å². The number of rotatable bonds is 50. The van der Waals surface area contributed by atoms with Crippen molar-refractivity contribution in [1.29, 1.82) is 0 Å². The van der Waals surface area contributed by atoms with E-state index in [-0.39, 0.29) is 24.9 Å². The highest BCUT2D eigenvalue weighted by Crippen LogP contribution is 2.18. The Morgan fingerprint density at radius 3 is 1.20 bits per heavy atom. The van der Waals surface area contributed by atoms with Gasteiger partial charge in [-0.25, -0.2) is 0 Å². The second-order valence-electron chi connectivity index (χ2n) is 19.0. The minimum atomic E-state index is -0.798. The van der Waals surface area contributed by atoms with E-state index in [1.54, 1.807) is 0 Å². The van der Waals surface area contributed by atoms with Crippen molar-refractivity contribution >= 4 is 11.9 Å². The molecule has 3 N–H and O–H groups in total. The van der Waals surface area contributed by atoms with Crippen LogP contribution in [0.4, 0.5) is 0 Å². The molecule has 0 aromatic carbocycles. The zero-order valence-corrected chi connectivity index (χ0v) is 43.1. The van der Waals surface area contributed by atoms with E-state index in [2.05, 4.69) is 86.8 Å². The lowest BCUT2D eigenvalue weighted by molar-refractivity contribution is -0.151. The molecule has 0 saturated carbocycles. The van der Waals surface area contributed by atoms with Crippen molar-refractivity contribution in [3.63, 3.8) is 0 Å². The third-order valence-corrected chi connectivity index (χ3v) is 12.6. The van der Waals surface area contributed by atoms with Crippen LogP contribution in [0.5, 0.6) is 0 Å². The number of hydrogen-bond donors (Lipinski definition) is 3. The Kier molecular flexibility index (Phi) is 50.6. The van der Waals surface area contributed by atoms with Gasteiger partial charge in [-0.3, -0.25) is 9.59 Å². The standard InChI is InChI=1S/C59H107NO5/c1-4-7-10-13-16-19-22-25-28-29-31-34-37-40-43-46-49-52-59(64)65-55(50-47-44-41-38-35-32-27-24-21-18-15-12-9-6-3)53-58(63)60-56(54-61)57(62)51-48-45-42-39-36-33-30-26-23-20-17-14-11-8-5-2/h7,10,16,19,25,28,31,34,40,43,55-57,61-62H,4-6,8-9,11-15,17-18,20-24,26-27,29-30,32-33,35-39,41-42,44-54H2,1-3H3,(H,60,63)/b10-7-,19-16-,28-25-,34-31-,43-40-. The molecule has 378 valence electrons. The first-order chi connectivity index (χ1) is 32.0. The Morgan fingerprint density at radius 1 is 0.462 bits per heavy atom. The van der Waals surface area contributed by atoms with Gasteiger partial charge in [0.25, 0.3) is 0 Å². The molecule has 0 spiro atoms. The van der Waals surface area contributed by atoms with Gasteiger partial charge < -0.3 is 20.3 Å². The summed E-state index contributed by atoms with van der Waals surface area (Å²) in [4.78, 5) is 26.2. The number of unbranched alkanes of at least 4 members (excludes halogenated alkanes) is 28. The lowest BCUT2D eigenvalue weighted by Gasteiger charge is -2.24. The molecule has 0 aromatic rings. The first kappa shape index (κ1) is 62.6. The average molecular weight is 911 g/mol. The quantitative estimate of drug-likeness (QED) is 0.0321. The molecule has 6 nitrogen and oxygen atoms in total. The molecule has 0 radical (unpaired) electrons. The van der Waals surface area contributed by atoms with E-state index < -0.39 is 18.2 Å². The number of aliphatic hydroxyl groups is 2. The predicted molar refractivity (Wildman–Crippen MR) is 282 cm³/mol. The summed E-state index contributed by atoms with van der Waals surface area (Å²) in [7, 11) is 0. The van der Waals surface area contributed by atoms with Gasteiger partial charge in [0.15, 0.2) is 0 Å². The summed E-state index contributed by atoms with van der Waals surface area (Å²) in [6.45, 7) is 6.38. The van der Waals surface area contributed by atoms with E-state index >= 15 is 0 Å². The van der Waals surface area contributed by atoms with Gasteiger partial charge in [0.1, 0.15) is 6.10 Å². The van der Waals surface area contributed by atoms with Crippen molar-refractivity contribution in [2.24, 2.45) is 0 Å². The van der Waals surface area contributed by atoms with E-state index in [0.29, 0.717) is 25.7 Å². The zero-order chi connectivity index (χ0) is 47.4. The van der Waals surface area contributed by atoms with Crippen LogP contribution in [0.1, 0.15) is 278 Å². The lowest BCUT2D eigenvalue weighted by atomic mass is 10.0. The number of carbonyl (C=O) groups is 2. The van der Waals surface area contributed by atoms with Crippen LogP contribution in [-0.2, 0) is 14.3 Å². The zero-order valence-electron chi connectivity index (χ0n) is 43.1. The number of carbonyl (C=O) groups excluding carboxylic acids is 2. The summed E-state index contributed by atoms with van der Waals surface area (Å²) in [5, 5.41) is 23.9. The van der Waals surface area contributed by atoms with E-state index in [4.69, 9.17) is 4.74 Å². The van der Waals surface area contributed by atoms with Crippen molar-refractivity contribution in [3.05, 3.63) is 60.8 Å². The van der Waals surface area contributed by atoms with Crippen LogP contribution in [0.2, 0.25) is 0 Å². The molecule has 0 fully saturated rings. The number of aliphatic hydroxyl groups excluding tert-OH is 2. The highest BCUT2D eigenvalue weighted by molar-refractivity contribution is 5.77. The Bertz CT molecular complexity index is 1160. The van der Waals surface area contributed by atoms with Crippen molar-refractivity contribution in [2.75, 3.05) is 6.61 Å². The van der Waals surface area contributed by atoms with Crippen LogP contribution in [-0.4, -0.2) is 46.9 Å². The largest absolute Gasteiger partial charge is 0.462 e. The number of allylic oxidation sites excluding steroid dienone is 10. The lowest BCUT2D eigenvalue weighted by Crippen LogP contribution is -2.46. The smallest absolute Gasteiger partial charge is 0.306 e. The number of nitrogens with one attached hydrogen (secondary N) is 1. The molecule has 3 unspecified atom stereocenters. The van der Waals surface area contributed by atoms with Crippen molar-refractivity contribution < 1.29 is 24.5 Å². The highest BCUT2D eigenvalue weighted by Gasteiger charge is 2.24. The number of hydrogen-bond acceptors (Lipinski definition) is 5. The summed E-state index contributed by atoms with van der Waals surface area (Å²) in [6.07, 6.45) is 65.7. The molecule has 6 heteroatoms. The van der Waals surface area contributed by atoms with Crippen molar-refractivity contribution in [3.8, 4) is 0 Å². The first-order valence-electron chi connectivity index (χ1n) is 28.0. The van der Waals surface area contributed by atoms with Gasteiger partial charge in [0.2, 0.25) is 5.91 Å². The maximum Gasteiger partial charge on any atom is 0.306 e.